The summed E-state index contributed by atoms with van der Waals surface area (Å²) in [4.78, 5) is 3.71. The zero-order valence-corrected chi connectivity index (χ0v) is 10.7. The molecule has 0 unspecified atom stereocenters. The average Bonchev–Trinajstić information content (AvgIpc) is 2.62. The largest absolute Gasteiger partial charge is 0.390 e. The van der Waals surface area contributed by atoms with Gasteiger partial charge in [-0.1, -0.05) is 6.07 Å². The van der Waals surface area contributed by atoms with Crippen LogP contribution in [0.5, 0.6) is 0 Å². The molecule has 0 fully saturated rings. The van der Waals surface area contributed by atoms with Crippen molar-refractivity contribution in [3.63, 3.8) is 0 Å². The van der Waals surface area contributed by atoms with Crippen molar-refractivity contribution < 1.29 is 5.11 Å². The number of hydrogen-bond acceptors (Lipinski definition) is 3. The van der Waals surface area contributed by atoms with Crippen LogP contribution in [0.4, 0.5) is 0 Å². The van der Waals surface area contributed by atoms with Crippen molar-refractivity contribution in [2.24, 2.45) is 0 Å². The molecule has 0 atom stereocenters. The van der Waals surface area contributed by atoms with Gasteiger partial charge < -0.3 is 10.0 Å². The summed E-state index contributed by atoms with van der Waals surface area (Å²) in [6.45, 7) is 5.74. The van der Waals surface area contributed by atoms with Gasteiger partial charge in [0, 0.05) is 18.0 Å². The smallest absolute Gasteiger partial charge is 0.0603 e. The molecule has 0 aliphatic carbocycles. The minimum Gasteiger partial charge on any atom is -0.390 e. The van der Waals surface area contributed by atoms with E-state index in [1.54, 1.807) is 0 Å². The lowest BCUT2D eigenvalue weighted by Gasteiger charge is -2.22. The van der Waals surface area contributed by atoms with Gasteiger partial charge in [0.1, 0.15) is 0 Å². The van der Waals surface area contributed by atoms with Crippen LogP contribution in [0.15, 0.2) is 17.5 Å². The summed E-state index contributed by atoms with van der Waals surface area (Å²) in [5.41, 5.74) is -0.544. The SMILES string of the molecule is CN(CCc1cccs1)CCC(C)(C)O. The van der Waals surface area contributed by atoms with E-state index in [-0.39, 0.29) is 0 Å². The number of likely N-dealkylation sites (N-methyl/N-ethyl adjacent to an activating group) is 1. The van der Waals surface area contributed by atoms with Crippen LogP contribution in [0.25, 0.3) is 0 Å². The van der Waals surface area contributed by atoms with E-state index in [9.17, 15) is 5.11 Å². The molecule has 0 bridgehead atoms. The third kappa shape index (κ3) is 5.92. The minimum absolute atomic E-state index is 0.544. The first kappa shape index (κ1) is 12.7. The lowest BCUT2D eigenvalue weighted by atomic mass is 10.1. The van der Waals surface area contributed by atoms with Gasteiger partial charge in [-0.05, 0) is 45.2 Å². The van der Waals surface area contributed by atoms with Crippen molar-refractivity contribution in [3.05, 3.63) is 22.4 Å². The normalized spacial score (nSPS) is 12.3. The van der Waals surface area contributed by atoms with E-state index in [0.717, 1.165) is 25.9 Å². The van der Waals surface area contributed by atoms with Crippen molar-refractivity contribution in [2.45, 2.75) is 32.3 Å². The van der Waals surface area contributed by atoms with Crippen LogP contribution in [0.3, 0.4) is 0 Å². The zero-order valence-electron chi connectivity index (χ0n) is 9.86. The Morgan fingerprint density at radius 2 is 2.13 bits per heavy atom. The molecule has 1 rings (SSSR count). The van der Waals surface area contributed by atoms with Crippen molar-refractivity contribution in [1.82, 2.24) is 4.90 Å². The predicted octanol–water partition coefficient (Wildman–Crippen LogP) is 2.38. The fraction of sp³-hybridized carbons (Fsp3) is 0.667. The minimum atomic E-state index is -0.544. The highest BCUT2D eigenvalue weighted by Gasteiger charge is 2.13. The Morgan fingerprint density at radius 3 is 2.67 bits per heavy atom. The maximum atomic E-state index is 9.59. The summed E-state index contributed by atoms with van der Waals surface area (Å²) in [5.74, 6) is 0. The topological polar surface area (TPSA) is 23.5 Å². The molecule has 1 aromatic heterocycles. The highest BCUT2D eigenvalue weighted by atomic mass is 32.1. The van der Waals surface area contributed by atoms with Crippen LogP contribution < -0.4 is 0 Å². The summed E-state index contributed by atoms with van der Waals surface area (Å²) in [5, 5.41) is 11.7. The van der Waals surface area contributed by atoms with Crippen LogP contribution in [-0.4, -0.2) is 35.7 Å². The molecule has 1 heterocycles. The molecule has 0 aliphatic heterocycles. The van der Waals surface area contributed by atoms with Crippen LogP contribution in [0.2, 0.25) is 0 Å². The van der Waals surface area contributed by atoms with Gasteiger partial charge in [-0.3, -0.25) is 0 Å². The van der Waals surface area contributed by atoms with E-state index in [0.29, 0.717) is 0 Å². The molecule has 15 heavy (non-hydrogen) atoms. The lowest BCUT2D eigenvalue weighted by Crippen LogP contribution is -2.29. The summed E-state index contributed by atoms with van der Waals surface area (Å²) >= 11 is 1.81. The van der Waals surface area contributed by atoms with E-state index in [1.165, 1.54) is 4.88 Å². The molecule has 0 aromatic carbocycles. The first-order valence-electron chi connectivity index (χ1n) is 5.41. The Bertz CT molecular complexity index is 264. The van der Waals surface area contributed by atoms with Gasteiger partial charge in [-0.15, -0.1) is 11.3 Å². The molecule has 0 amide bonds. The summed E-state index contributed by atoms with van der Waals surface area (Å²) in [6.07, 6.45) is 1.94. The van der Waals surface area contributed by atoms with Crippen molar-refractivity contribution in [1.29, 1.82) is 0 Å². The maximum absolute atomic E-state index is 9.59. The maximum Gasteiger partial charge on any atom is 0.0603 e. The fourth-order valence-electron chi connectivity index (χ4n) is 1.33. The second kappa shape index (κ2) is 5.64. The molecule has 86 valence electrons. The van der Waals surface area contributed by atoms with Gasteiger partial charge in [0.2, 0.25) is 0 Å². The third-order valence-electron chi connectivity index (χ3n) is 2.43. The molecular weight excluding hydrogens is 206 g/mol. The van der Waals surface area contributed by atoms with Gasteiger partial charge in [-0.25, -0.2) is 0 Å². The van der Waals surface area contributed by atoms with Crippen LogP contribution in [0.1, 0.15) is 25.1 Å². The molecule has 2 nitrogen and oxygen atoms in total. The molecular formula is C12H21NOS. The molecule has 3 heteroatoms. The van der Waals surface area contributed by atoms with E-state index in [2.05, 4.69) is 29.5 Å². The standard InChI is InChI=1S/C12H21NOS/c1-12(2,14)7-9-13(3)8-6-11-5-4-10-15-11/h4-5,10,14H,6-9H2,1-3H3. The third-order valence-corrected chi connectivity index (χ3v) is 3.36. The molecule has 0 saturated carbocycles. The van der Waals surface area contributed by atoms with E-state index in [4.69, 9.17) is 0 Å². The van der Waals surface area contributed by atoms with Gasteiger partial charge in [0.25, 0.3) is 0 Å². The van der Waals surface area contributed by atoms with Crippen LogP contribution in [-0.2, 0) is 6.42 Å². The summed E-state index contributed by atoms with van der Waals surface area (Å²) in [7, 11) is 2.11. The van der Waals surface area contributed by atoms with Gasteiger partial charge >= 0.3 is 0 Å². The highest BCUT2D eigenvalue weighted by molar-refractivity contribution is 7.09. The number of hydrogen-bond donors (Lipinski definition) is 1. The van der Waals surface area contributed by atoms with E-state index in [1.807, 2.05) is 25.2 Å². The Kier molecular flexibility index (Phi) is 4.77. The molecule has 0 radical (unpaired) electrons. The van der Waals surface area contributed by atoms with Crippen molar-refractivity contribution >= 4 is 11.3 Å². The number of nitrogens with zero attached hydrogens (tertiary/aromatic N) is 1. The summed E-state index contributed by atoms with van der Waals surface area (Å²) < 4.78 is 0. The Labute approximate surface area is 96.5 Å². The average molecular weight is 227 g/mol. The summed E-state index contributed by atoms with van der Waals surface area (Å²) in [6, 6.07) is 4.27. The molecule has 0 saturated heterocycles. The zero-order chi connectivity index (χ0) is 11.3. The highest BCUT2D eigenvalue weighted by Crippen LogP contribution is 2.11. The second-order valence-corrected chi connectivity index (χ2v) is 5.73. The second-order valence-electron chi connectivity index (χ2n) is 4.70. The number of rotatable bonds is 6. The lowest BCUT2D eigenvalue weighted by molar-refractivity contribution is 0.0609. The molecule has 1 N–H and O–H groups in total. The van der Waals surface area contributed by atoms with Gasteiger partial charge in [-0.2, -0.15) is 0 Å². The monoisotopic (exact) mass is 227 g/mol. The Hall–Kier alpha value is -0.380. The number of thiophene rings is 1. The molecule has 0 aliphatic rings. The van der Waals surface area contributed by atoms with E-state index < -0.39 is 5.60 Å². The first-order chi connectivity index (χ1) is 6.97. The van der Waals surface area contributed by atoms with Crippen molar-refractivity contribution in [2.75, 3.05) is 20.1 Å². The van der Waals surface area contributed by atoms with Gasteiger partial charge in [0.05, 0.1) is 5.60 Å². The van der Waals surface area contributed by atoms with Crippen LogP contribution >= 0.6 is 11.3 Å². The molecule has 1 aromatic rings. The van der Waals surface area contributed by atoms with Crippen molar-refractivity contribution in [3.8, 4) is 0 Å². The number of aliphatic hydroxyl groups is 1. The van der Waals surface area contributed by atoms with E-state index >= 15 is 0 Å². The quantitative estimate of drug-likeness (QED) is 0.806. The Morgan fingerprint density at radius 1 is 1.40 bits per heavy atom. The Balaban J connectivity index is 2.16. The fourth-order valence-corrected chi connectivity index (χ4v) is 2.03. The first-order valence-corrected chi connectivity index (χ1v) is 6.29. The molecule has 0 spiro atoms. The van der Waals surface area contributed by atoms with Crippen LogP contribution in [0, 0.1) is 0 Å². The van der Waals surface area contributed by atoms with Gasteiger partial charge in [0.15, 0.2) is 0 Å². The predicted molar refractivity (Wildman–Crippen MR) is 66.4 cm³/mol.